The maximum atomic E-state index is 13.3. The first-order valence-corrected chi connectivity index (χ1v) is 11.3. The van der Waals surface area contributed by atoms with Gasteiger partial charge >= 0.3 is 0 Å². The van der Waals surface area contributed by atoms with Crippen molar-refractivity contribution in [3.8, 4) is 11.1 Å². The van der Waals surface area contributed by atoms with Crippen molar-refractivity contribution < 1.29 is 14.0 Å². The van der Waals surface area contributed by atoms with Crippen LogP contribution < -0.4 is 0 Å². The number of aryl methyl sites for hydroxylation is 1. The van der Waals surface area contributed by atoms with E-state index in [1.165, 1.54) is 12.1 Å². The Kier molecular flexibility index (Phi) is 6.58. The van der Waals surface area contributed by atoms with Crippen LogP contribution in [0.3, 0.4) is 0 Å². The summed E-state index contributed by atoms with van der Waals surface area (Å²) in [5.74, 6) is -0.622. The van der Waals surface area contributed by atoms with E-state index in [4.69, 9.17) is 0 Å². The number of nitrogens with zero attached hydrogens (tertiary/aromatic N) is 4. The van der Waals surface area contributed by atoms with Crippen molar-refractivity contribution in [3.05, 3.63) is 77.4 Å². The smallest absolute Gasteiger partial charge is 0.257 e. The first-order chi connectivity index (χ1) is 15.9. The van der Waals surface area contributed by atoms with Crippen LogP contribution in [-0.4, -0.2) is 57.6 Å². The molecule has 0 N–H and O–H groups in total. The number of aromatic nitrogens is 2. The molecule has 1 aliphatic rings. The summed E-state index contributed by atoms with van der Waals surface area (Å²) in [6.07, 6.45) is 2.13. The summed E-state index contributed by atoms with van der Waals surface area (Å²) >= 11 is 0. The van der Waals surface area contributed by atoms with Crippen LogP contribution in [0, 0.1) is 18.7 Å². The Morgan fingerprint density at radius 2 is 1.88 bits per heavy atom. The molecule has 1 fully saturated rings. The van der Waals surface area contributed by atoms with E-state index >= 15 is 0 Å². The molecule has 0 spiro atoms. The minimum Gasteiger partial charge on any atom is -0.341 e. The van der Waals surface area contributed by atoms with E-state index in [9.17, 15) is 14.0 Å². The second-order valence-electron chi connectivity index (χ2n) is 8.54. The lowest BCUT2D eigenvalue weighted by atomic mass is 9.94. The summed E-state index contributed by atoms with van der Waals surface area (Å²) in [6, 6.07) is 14.4. The predicted molar refractivity (Wildman–Crippen MR) is 125 cm³/mol. The molecule has 7 heteroatoms. The van der Waals surface area contributed by atoms with Crippen LogP contribution in [0.2, 0.25) is 0 Å². The molecule has 33 heavy (non-hydrogen) atoms. The maximum Gasteiger partial charge on any atom is 0.257 e. The average molecular weight is 449 g/mol. The second kappa shape index (κ2) is 9.57. The van der Waals surface area contributed by atoms with Crippen LogP contribution in [0.1, 0.15) is 28.5 Å². The number of carbonyl (C=O) groups excluding carboxylic acids is 2. The molecule has 0 unspecified atom stereocenters. The monoisotopic (exact) mass is 448 g/mol. The predicted octanol–water partition coefficient (Wildman–Crippen LogP) is 3.70. The fourth-order valence-electron chi connectivity index (χ4n) is 4.38. The molecule has 1 aromatic heterocycles. The van der Waals surface area contributed by atoms with Gasteiger partial charge in [-0.05, 0) is 49.1 Å². The molecule has 0 bridgehead atoms. The molecule has 0 radical (unpaired) electrons. The van der Waals surface area contributed by atoms with Gasteiger partial charge in [0.1, 0.15) is 5.82 Å². The van der Waals surface area contributed by atoms with E-state index in [2.05, 4.69) is 5.10 Å². The van der Waals surface area contributed by atoms with Gasteiger partial charge in [0.15, 0.2) is 0 Å². The van der Waals surface area contributed by atoms with E-state index in [-0.39, 0.29) is 23.5 Å². The third kappa shape index (κ3) is 4.82. The first kappa shape index (κ1) is 22.7. The average Bonchev–Trinajstić information content (AvgIpc) is 3.06. The molecule has 3 aromatic rings. The van der Waals surface area contributed by atoms with Crippen LogP contribution in [0.4, 0.5) is 4.39 Å². The van der Waals surface area contributed by atoms with E-state index < -0.39 is 0 Å². The molecule has 0 aliphatic carbocycles. The number of hydrogen-bond acceptors (Lipinski definition) is 3. The lowest BCUT2D eigenvalue weighted by Crippen LogP contribution is -2.38. The Hall–Kier alpha value is -3.48. The van der Waals surface area contributed by atoms with Crippen LogP contribution >= 0.6 is 0 Å². The van der Waals surface area contributed by atoms with E-state index in [0.717, 1.165) is 22.4 Å². The quantitative estimate of drug-likeness (QED) is 0.598. The first-order valence-electron chi connectivity index (χ1n) is 11.3. The minimum atomic E-state index is -0.336. The number of rotatable bonds is 5. The molecule has 172 valence electrons. The van der Waals surface area contributed by atoms with Crippen molar-refractivity contribution in [2.45, 2.75) is 20.3 Å². The zero-order valence-electron chi connectivity index (χ0n) is 19.3. The van der Waals surface area contributed by atoms with Gasteiger partial charge in [-0.2, -0.15) is 5.10 Å². The molecule has 1 saturated heterocycles. The zero-order chi connectivity index (χ0) is 23.5. The summed E-state index contributed by atoms with van der Waals surface area (Å²) < 4.78 is 15.0. The summed E-state index contributed by atoms with van der Waals surface area (Å²) in [6.45, 7) is 5.83. The van der Waals surface area contributed by atoms with Gasteiger partial charge in [-0.1, -0.05) is 36.4 Å². The van der Waals surface area contributed by atoms with Crippen molar-refractivity contribution in [1.29, 1.82) is 0 Å². The Balaban J connectivity index is 1.58. The van der Waals surface area contributed by atoms with Crippen molar-refractivity contribution in [3.63, 3.8) is 0 Å². The van der Waals surface area contributed by atoms with Gasteiger partial charge < -0.3 is 9.80 Å². The van der Waals surface area contributed by atoms with Crippen molar-refractivity contribution in [1.82, 2.24) is 19.6 Å². The number of halogens is 1. The molecule has 2 heterocycles. The lowest BCUT2D eigenvalue weighted by Gasteiger charge is -2.23. The van der Waals surface area contributed by atoms with Crippen molar-refractivity contribution in [2.75, 3.05) is 26.2 Å². The summed E-state index contributed by atoms with van der Waals surface area (Å²) in [5.41, 5.74) is 4.29. The van der Waals surface area contributed by atoms with Gasteiger partial charge in [0, 0.05) is 38.9 Å². The highest BCUT2D eigenvalue weighted by atomic mass is 19.1. The van der Waals surface area contributed by atoms with Crippen LogP contribution in [-0.2, 0) is 18.3 Å². The standard InChI is InChI=1S/C26H29FN4O2/c1-4-30-12-13-31(26(33)24-16-28-29(3)18(24)2)17-22(25(30)32)15-19-6-5-7-21(14-19)20-8-10-23(27)11-9-20/h5-11,14,16,22H,4,12-13,15,17H2,1-3H3/t22-/m1/s1. The topological polar surface area (TPSA) is 58.4 Å². The number of carbonyl (C=O) groups is 2. The van der Waals surface area contributed by atoms with Crippen LogP contribution in [0.15, 0.2) is 54.7 Å². The van der Waals surface area contributed by atoms with E-state index in [1.807, 2.05) is 50.1 Å². The molecule has 4 rings (SSSR count). The van der Waals surface area contributed by atoms with Crippen LogP contribution in [0.5, 0.6) is 0 Å². The molecule has 2 amide bonds. The number of amides is 2. The normalized spacial score (nSPS) is 16.7. The molecule has 1 atom stereocenters. The van der Waals surface area contributed by atoms with Gasteiger partial charge in [0.2, 0.25) is 5.91 Å². The Morgan fingerprint density at radius 1 is 1.12 bits per heavy atom. The lowest BCUT2D eigenvalue weighted by molar-refractivity contribution is -0.134. The molecule has 2 aromatic carbocycles. The third-order valence-corrected chi connectivity index (χ3v) is 6.46. The van der Waals surface area contributed by atoms with Crippen LogP contribution in [0.25, 0.3) is 11.1 Å². The Bertz CT molecular complexity index is 1160. The summed E-state index contributed by atoms with van der Waals surface area (Å²) in [5, 5.41) is 4.20. The van der Waals surface area contributed by atoms with E-state index in [1.54, 1.807) is 27.9 Å². The van der Waals surface area contributed by atoms with Gasteiger partial charge in [0.05, 0.1) is 17.7 Å². The molecule has 0 saturated carbocycles. The highest BCUT2D eigenvalue weighted by Gasteiger charge is 2.33. The largest absolute Gasteiger partial charge is 0.341 e. The van der Waals surface area contributed by atoms with E-state index in [0.29, 0.717) is 38.2 Å². The highest BCUT2D eigenvalue weighted by Crippen LogP contribution is 2.24. The third-order valence-electron chi connectivity index (χ3n) is 6.46. The number of hydrogen-bond donors (Lipinski definition) is 0. The SMILES string of the molecule is CCN1CCN(C(=O)c2cnn(C)c2C)C[C@@H](Cc2cccc(-c3ccc(F)cc3)c2)C1=O. The van der Waals surface area contributed by atoms with Gasteiger partial charge in [-0.25, -0.2) is 4.39 Å². The Morgan fingerprint density at radius 3 is 2.55 bits per heavy atom. The molecule has 6 nitrogen and oxygen atoms in total. The second-order valence-corrected chi connectivity index (χ2v) is 8.54. The Labute approximate surface area is 193 Å². The molecular formula is C26H29FN4O2. The van der Waals surface area contributed by atoms with Gasteiger partial charge in [-0.3, -0.25) is 14.3 Å². The maximum absolute atomic E-state index is 13.3. The fourth-order valence-corrected chi connectivity index (χ4v) is 4.38. The van der Waals surface area contributed by atoms with Crippen molar-refractivity contribution >= 4 is 11.8 Å². The minimum absolute atomic E-state index is 0.0721. The fraction of sp³-hybridized carbons (Fsp3) is 0.346. The number of likely N-dealkylation sites (N-methyl/N-ethyl adjacent to an activating group) is 1. The zero-order valence-corrected chi connectivity index (χ0v) is 19.3. The van der Waals surface area contributed by atoms with Gasteiger partial charge in [-0.15, -0.1) is 0 Å². The summed E-state index contributed by atoms with van der Waals surface area (Å²) in [7, 11) is 1.81. The van der Waals surface area contributed by atoms with Crippen molar-refractivity contribution in [2.24, 2.45) is 13.0 Å². The molecule has 1 aliphatic heterocycles. The molecular weight excluding hydrogens is 419 g/mol. The van der Waals surface area contributed by atoms with Gasteiger partial charge in [0.25, 0.3) is 5.91 Å². The number of benzene rings is 2. The summed E-state index contributed by atoms with van der Waals surface area (Å²) in [4.78, 5) is 30.2. The highest BCUT2D eigenvalue weighted by molar-refractivity contribution is 5.95.